The van der Waals surface area contributed by atoms with E-state index in [4.69, 9.17) is 14.2 Å². The summed E-state index contributed by atoms with van der Waals surface area (Å²) in [5, 5.41) is 0. The standard InChI is InChI=1S/C10H13O4Si/c11-9-3-10(4-12-9)2-7-6(13-5-15)1-8(10)14-7/h6-8H,1-5H2. The van der Waals surface area contributed by atoms with E-state index in [-0.39, 0.29) is 29.7 Å². The molecule has 0 N–H and O–H groups in total. The summed E-state index contributed by atoms with van der Waals surface area (Å²) in [5.74, 6) is -0.0799. The van der Waals surface area contributed by atoms with Crippen LogP contribution in [0.25, 0.3) is 0 Å². The van der Waals surface area contributed by atoms with Gasteiger partial charge in [0.15, 0.2) is 0 Å². The van der Waals surface area contributed by atoms with Crippen molar-refractivity contribution in [3.63, 3.8) is 0 Å². The summed E-state index contributed by atoms with van der Waals surface area (Å²) in [6, 6.07) is 0. The second kappa shape index (κ2) is 3.30. The number of carbonyl (C=O) groups is 1. The zero-order chi connectivity index (χ0) is 10.5. The summed E-state index contributed by atoms with van der Waals surface area (Å²) >= 11 is 0. The van der Waals surface area contributed by atoms with E-state index in [2.05, 4.69) is 10.2 Å². The van der Waals surface area contributed by atoms with Crippen molar-refractivity contribution in [3.8, 4) is 0 Å². The highest BCUT2D eigenvalue weighted by molar-refractivity contribution is 6.08. The van der Waals surface area contributed by atoms with E-state index in [0.717, 1.165) is 12.8 Å². The van der Waals surface area contributed by atoms with Gasteiger partial charge in [0.25, 0.3) is 0 Å². The van der Waals surface area contributed by atoms with E-state index in [0.29, 0.717) is 19.3 Å². The van der Waals surface area contributed by atoms with Crippen molar-refractivity contribution in [2.24, 2.45) is 5.41 Å². The molecule has 3 radical (unpaired) electrons. The van der Waals surface area contributed by atoms with Crippen molar-refractivity contribution in [2.45, 2.75) is 37.6 Å². The minimum atomic E-state index is -0.0799. The van der Waals surface area contributed by atoms with Gasteiger partial charge in [-0.25, -0.2) is 0 Å². The predicted molar refractivity (Wildman–Crippen MR) is 51.4 cm³/mol. The molecule has 0 aromatic heterocycles. The van der Waals surface area contributed by atoms with Crippen molar-refractivity contribution in [2.75, 3.05) is 12.8 Å². The number of carbonyl (C=O) groups excluding carboxylic acids is 1. The summed E-state index contributed by atoms with van der Waals surface area (Å²) < 4.78 is 16.4. The molecule has 1 spiro atoms. The molecule has 4 nitrogen and oxygen atoms in total. The molecule has 5 heteroatoms. The molecule has 3 aliphatic heterocycles. The summed E-state index contributed by atoms with van der Waals surface area (Å²) in [4.78, 5) is 11.2. The Hall–Kier alpha value is -0.393. The number of fused-ring (bicyclic) bond motifs is 3. The lowest BCUT2D eigenvalue weighted by Crippen LogP contribution is -2.39. The van der Waals surface area contributed by atoms with Crippen LogP contribution in [0.4, 0.5) is 0 Å². The van der Waals surface area contributed by atoms with E-state index in [9.17, 15) is 4.79 Å². The number of rotatable bonds is 2. The first-order valence-electron chi connectivity index (χ1n) is 5.31. The largest absolute Gasteiger partial charge is 0.465 e. The van der Waals surface area contributed by atoms with Crippen LogP contribution in [-0.2, 0) is 19.0 Å². The third-order valence-electron chi connectivity index (χ3n) is 3.81. The zero-order valence-electron chi connectivity index (χ0n) is 8.40. The molecule has 0 aromatic rings. The Morgan fingerprint density at radius 1 is 1.60 bits per heavy atom. The highest BCUT2D eigenvalue weighted by Crippen LogP contribution is 2.53. The van der Waals surface area contributed by atoms with Gasteiger partial charge in [-0.15, -0.1) is 0 Å². The van der Waals surface area contributed by atoms with Crippen LogP contribution < -0.4 is 0 Å². The molecule has 0 aliphatic carbocycles. The van der Waals surface area contributed by atoms with Gasteiger partial charge in [-0.1, -0.05) is 0 Å². The SMILES string of the molecule is O=C1CC2(CO1)CC1OC2CC1OC[Si]. The van der Waals surface area contributed by atoms with Gasteiger partial charge in [-0.3, -0.25) is 4.79 Å². The minimum absolute atomic E-state index is 0.0344. The Bertz CT molecular complexity index is 295. The van der Waals surface area contributed by atoms with Gasteiger partial charge in [0, 0.05) is 18.1 Å². The fourth-order valence-corrected chi connectivity index (χ4v) is 3.27. The maximum atomic E-state index is 11.2. The number of hydrogen-bond acceptors (Lipinski definition) is 4. The second-order valence-corrected chi connectivity index (χ2v) is 4.94. The van der Waals surface area contributed by atoms with Crippen molar-refractivity contribution in [1.82, 2.24) is 0 Å². The van der Waals surface area contributed by atoms with Gasteiger partial charge in [-0.2, -0.15) is 0 Å². The molecule has 0 amide bonds. The highest BCUT2D eigenvalue weighted by Gasteiger charge is 2.60. The van der Waals surface area contributed by atoms with E-state index in [1.165, 1.54) is 0 Å². The normalized spacial score (nSPS) is 47.8. The molecule has 3 saturated heterocycles. The average Bonchev–Trinajstić information content (AvgIpc) is 2.83. The van der Waals surface area contributed by atoms with Gasteiger partial charge in [0.05, 0.1) is 35.0 Å². The van der Waals surface area contributed by atoms with Gasteiger partial charge in [-0.05, 0) is 6.42 Å². The van der Waals surface area contributed by atoms with E-state index in [1.54, 1.807) is 0 Å². The lowest BCUT2D eigenvalue weighted by Gasteiger charge is -2.30. The summed E-state index contributed by atoms with van der Waals surface area (Å²) in [6.45, 7) is 0.535. The Morgan fingerprint density at radius 2 is 2.47 bits per heavy atom. The van der Waals surface area contributed by atoms with E-state index < -0.39 is 0 Å². The lowest BCUT2D eigenvalue weighted by molar-refractivity contribution is -0.137. The monoisotopic (exact) mass is 225 g/mol. The van der Waals surface area contributed by atoms with Crippen LogP contribution in [0.1, 0.15) is 19.3 Å². The molecule has 81 valence electrons. The van der Waals surface area contributed by atoms with Gasteiger partial charge in [0.2, 0.25) is 0 Å². The molecule has 3 aliphatic rings. The average molecular weight is 225 g/mol. The van der Waals surface area contributed by atoms with Gasteiger partial charge >= 0.3 is 5.97 Å². The van der Waals surface area contributed by atoms with Crippen LogP contribution in [0, 0.1) is 5.41 Å². The van der Waals surface area contributed by atoms with Crippen LogP contribution in [0.15, 0.2) is 0 Å². The molecule has 3 rings (SSSR count). The molecule has 3 heterocycles. The third kappa shape index (κ3) is 1.37. The molecule has 4 atom stereocenters. The minimum Gasteiger partial charge on any atom is -0.465 e. The smallest absolute Gasteiger partial charge is 0.306 e. The van der Waals surface area contributed by atoms with E-state index >= 15 is 0 Å². The molecule has 0 saturated carbocycles. The van der Waals surface area contributed by atoms with Crippen LogP contribution >= 0.6 is 0 Å². The fourth-order valence-electron chi connectivity index (χ4n) is 3.06. The number of ether oxygens (including phenoxy) is 3. The molecule has 4 unspecified atom stereocenters. The van der Waals surface area contributed by atoms with Crippen molar-refractivity contribution in [1.29, 1.82) is 0 Å². The Kier molecular flexibility index (Phi) is 2.16. The third-order valence-corrected chi connectivity index (χ3v) is 3.97. The predicted octanol–water partition coefficient (Wildman–Crippen LogP) is -0.00790. The lowest BCUT2D eigenvalue weighted by atomic mass is 9.72. The highest BCUT2D eigenvalue weighted by atomic mass is 28.1. The van der Waals surface area contributed by atoms with Crippen LogP contribution in [0.3, 0.4) is 0 Å². The summed E-state index contributed by atoms with van der Waals surface area (Å²) in [7, 11) is 3.31. The number of hydrogen-bond donors (Lipinski definition) is 0. The fraction of sp³-hybridized carbons (Fsp3) is 0.900. The maximum Gasteiger partial charge on any atom is 0.306 e. The van der Waals surface area contributed by atoms with Crippen LogP contribution in [0.2, 0.25) is 0 Å². The first-order valence-corrected chi connectivity index (χ1v) is 6.01. The van der Waals surface area contributed by atoms with Crippen LogP contribution in [-0.4, -0.2) is 47.4 Å². The first-order chi connectivity index (χ1) is 7.23. The molecule has 3 fully saturated rings. The van der Waals surface area contributed by atoms with Crippen LogP contribution in [0.5, 0.6) is 0 Å². The molecular weight excluding hydrogens is 212 g/mol. The Labute approximate surface area is 91.7 Å². The molecule has 0 aromatic carbocycles. The van der Waals surface area contributed by atoms with Crippen molar-refractivity contribution < 1.29 is 19.0 Å². The summed E-state index contributed by atoms with van der Waals surface area (Å²) in [6.07, 6.45) is 3.35. The Morgan fingerprint density at radius 3 is 3.00 bits per heavy atom. The van der Waals surface area contributed by atoms with Gasteiger partial charge in [0.1, 0.15) is 6.61 Å². The number of cyclic esters (lactones) is 1. The molecular formula is C10H13O4Si. The molecule has 15 heavy (non-hydrogen) atoms. The van der Waals surface area contributed by atoms with Gasteiger partial charge < -0.3 is 14.2 Å². The van der Waals surface area contributed by atoms with Crippen molar-refractivity contribution in [3.05, 3.63) is 0 Å². The topological polar surface area (TPSA) is 44.8 Å². The Balaban J connectivity index is 1.72. The number of esters is 1. The quantitative estimate of drug-likeness (QED) is 0.490. The van der Waals surface area contributed by atoms with Crippen molar-refractivity contribution >= 4 is 16.2 Å². The zero-order valence-corrected chi connectivity index (χ0v) is 9.40. The van der Waals surface area contributed by atoms with E-state index in [1.807, 2.05) is 0 Å². The maximum absolute atomic E-state index is 11.2. The second-order valence-electron chi connectivity index (χ2n) is 4.65. The first kappa shape index (κ1) is 9.81. The summed E-state index contributed by atoms with van der Waals surface area (Å²) in [5.41, 5.74) is -0.0344. The molecule has 2 bridgehead atoms.